The van der Waals surface area contributed by atoms with Gasteiger partial charge in [-0.1, -0.05) is 48.5 Å². The molecule has 130 valence electrons. The molecule has 1 heterocycles. The standard InChI is InChI=1S/C22H25NO2/c1-14-12-16(13-15(2)23(14)3)25-22(24)21-19-10-6-4-8-17(19)18-9-5-7-11-20(18)21/h4-11,14-16,21H,12-13H2,1-3H3. The summed E-state index contributed by atoms with van der Waals surface area (Å²) >= 11 is 0. The lowest BCUT2D eigenvalue weighted by atomic mass is 9.94. The number of ether oxygens (including phenoxy) is 1. The number of hydrogen-bond acceptors (Lipinski definition) is 3. The summed E-state index contributed by atoms with van der Waals surface area (Å²) in [6.45, 7) is 4.41. The Balaban J connectivity index is 1.60. The highest BCUT2D eigenvalue weighted by molar-refractivity contribution is 5.93. The lowest BCUT2D eigenvalue weighted by Gasteiger charge is -2.40. The number of carbonyl (C=O) groups excluding carboxylic acids is 1. The van der Waals surface area contributed by atoms with Crippen LogP contribution in [0.3, 0.4) is 0 Å². The summed E-state index contributed by atoms with van der Waals surface area (Å²) < 4.78 is 6.01. The Hall–Kier alpha value is -2.13. The molecule has 1 fully saturated rings. The van der Waals surface area contributed by atoms with Crippen LogP contribution in [-0.4, -0.2) is 36.1 Å². The van der Waals surface area contributed by atoms with Crippen molar-refractivity contribution in [2.24, 2.45) is 0 Å². The first kappa shape index (κ1) is 16.3. The van der Waals surface area contributed by atoms with Gasteiger partial charge in [-0.05, 0) is 56.0 Å². The molecule has 2 atom stereocenters. The molecule has 1 saturated heterocycles. The van der Waals surface area contributed by atoms with Crippen molar-refractivity contribution >= 4 is 5.97 Å². The van der Waals surface area contributed by atoms with Gasteiger partial charge in [0.25, 0.3) is 0 Å². The molecule has 25 heavy (non-hydrogen) atoms. The van der Waals surface area contributed by atoms with Gasteiger partial charge in [0.15, 0.2) is 0 Å². The molecule has 2 unspecified atom stereocenters. The molecule has 2 aromatic carbocycles. The predicted octanol–water partition coefficient (Wildman–Crippen LogP) is 4.21. The van der Waals surface area contributed by atoms with E-state index in [-0.39, 0.29) is 18.0 Å². The second-order valence-corrected chi connectivity index (χ2v) is 7.50. The summed E-state index contributed by atoms with van der Waals surface area (Å²) in [7, 11) is 2.15. The molecule has 4 rings (SSSR count). The van der Waals surface area contributed by atoms with Crippen molar-refractivity contribution < 1.29 is 9.53 Å². The number of hydrogen-bond donors (Lipinski definition) is 0. The number of rotatable bonds is 2. The molecule has 0 amide bonds. The minimum atomic E-state index is -0.294. The second kappa shape index (κ2) is 6.30. The molecule has 3 heteroatoms. The van der Waals surface area contributed by atoms with Crippen molar-refractivity contribution in [2.45, 2.75) is 50.8 Å². The van der Waals surface area contributed by atoms with Crippen molar-refractivity contribution in [3.63, 3.8) is 0 Å². The highest BCUT2D eigenvalue weighted by atomic mass is 16.5. The van der Waals surface area contributed by atoms with Crippen LogP contribution in [0.15, 0.2) is 48.5 Å². The molecular formula is C22H25NO2. The van der Waals surface area contributed by atoms with Crippen LogP contribution in [0.2, 0.25) is 0 Å². The Morgan fingerprint density at radius 2 is 1.40 bits per heavy atom. The molecule has 1 aliphatic heterocycles. The number of nitrogens with zero attached hydrogens (tertiary/aromatic N) is 1. The van der Waals surface area contributed by atoms with Crippen LogP contribution in [0.1, 0.15) is 43.7 Å². The van der Waals surface area contributed by atoms with Gasteiger partial charge in [0.1, 0.15) is 12.0 Å². The van der Waals surface area contributed by atoms with E-state index >= 15 is 0 Å². The highest BCUT2D eigenvalue weighted by Gasteiger charge is 2.37. The zero-order valence-corrected chi connectivity index (χ0v) is 15.1. The molecule has 3 nitrogen and oxygen atoms in total. The summed E-state index contributed by atoms with van der Waals surface area (Å²) in [6.07, 6.45) is 1.82. The molecule has 0 bridgehead atoms. The maximum atomic E-state index is 13.1. The van der Waals surface area contributed by atoms with Gasteiger partial charge in [0.05, 0.1) is 0 Å². The molecule has 0 spiro atoms. The fraction of sp³-hybridized carbons (Fsp3) is 0.409. The van der Waals surface area contributed by atoms with Gasteiger partial charge >= 0.3 is 5.97 Å². The molecular weight excluding hydrogens is 310 g/mol. The van der Waals surface area contributed by atoms with Crippen molar-refractivity contribution in [3.8, 4) is 11.1 Å². The van der Waals surface area contributed by atoms with Gasteiger partial charge in [-0.3, -0.25) is 4.79 Å². The first-order chi connectivity index (χ1) is 12.1. The van der Waals surface area contributed by atoms with Gasteiger partial charge < -0.3 is 9.64 Å². The number of carbonyl (C=O) groups is 1. The number of likely N-dealkylation sites (tertiary alicyclic amines) is 1. The molecule has 0 N–H and O–H groups in total. The average molecular weight is 335 g/mol. The van der Waals surface area contributed by atoms with E-state index in [1.165, 1.54) is 0 Å². The third-order valence-electron chi connectivity index (χ3n) is 5.95. The zero-order valence-electron chi connectivity index (χ0n) is 15.1. The van der Waals surface area contributed by atoms with Crippen LogP contribution in [0.5, 0.6) is 0 Å². The van der Waals surface area contributed by atoms with Crippen molar-refractivity contribution in [2.75, 3.05) is 7.05 Å². The molecule has 2 aliphatic rings. The van der Waals surface area contributed by atoms with Gasteiger partial charge in [-0.2, -0.15) is 0 Å². The smallest absolute Gasteiger partial charge is 0.318 e. The SMILES string of the molecule is CC1CC(OC(=O)C2c3ccccc3-c3ccccc32)CC(C)N1C. The van der Waals surface area contributed by atoms with Gasteiger partial charge in [-0.15, -0.1) is 0 Å². The highest BCUT2D eigenvalue weighted by Crippen LogP contribution is 2.45. The summed E-state index contributed by atoms with van der Waals surface area (Å²) in [5.41, 5.74) is 4.46. The van der Waals surface area contributed by atoms with Gasteiger partial charge in [-0.25, -0.2) is 0 Å². The summed E-state index contributed by atoms with van der Waals surface area (Å²) in [5.74, 6) is -0.399. The van der Waals surface area contributed by atoms with E-state index in [9.17, 15) is 4.79 Å². The number of benzene rings is 2. The normalized spacial score (nSPS) is 26.1. The van der Waals surface area contributed by atoms with E-state index in [1.807, 2.05) is 24.3 Å². The second-order valence-electron chi connectivity index (χ2n) is 7.50. The topological polar surface area (TPSA) is 29.5 Å². The monoisotopic (exact) mass is 335 g/mol. The Morgan fingerprint density at radius 1 is 0.920 bits per heavy atom. The first-order valence-corrected chi connectivity index (χ1v) is 9.17. The molecule has 0 radical (unpaired) electrons. The fourth-order valence-electron chi connectivity index (χ4n) is 4.36. The number of piperidine rings is 1. The molecule has 0 aromatic heterocycles. The van der Waals surface area contributed by atoms with E-state index in [1.54, 1.807) is 0 Å². The fourth-order valence-corrected chi connectivity index (χ4v) is 4.36. The van der Waals surface area contributed by atoms with Crippen LogP contribution in [0.25, 0.3) is 11.1 Å². The van der Waals surface area contributed by atoms with Gasteiger partial charge in [0, 0.05) is 12.1 Å². The molecule has 1 aliphatic carbocycles. The first-order valence-electron chi connectivity index (χ1n) is 9.17. The van der Waals surface area contributed by atoms with Crippen molar-refractivity contribution in [1.29, 1.82) is 0 Å². The number of fused-ring (bicyclic) bond motifs is 3. The molecule has 2 aromatic rings. The van der Waals surface area contributed by atoms with E-state index < -0.39 is 0 Å². The third-order valence-corrected chi connectivity index (χ3v) is 5.95. The number of esters is 1. The van der Waals surface area contributed by atoms with E-state index in [0.29, 0.717) is 12.1 Å². The Morgan fingerprint density at radius 3 is 1.92 bits per heavy atom. The van der Waals surface area contributed by atoms with Crippen molar-refractivity contribution in [1.82, 2.24) is 4.90 Å². The Kier molecular flexibility index (Phi) is 4.12. The van der Waals surface area contributed by atoms with Crippen LogP contribution in [0.4, 0.5) is 0 Å². The quantitative estimate of drug-likeness (QED) is 0.770. The lowest BCUT2D eigenvalue weighted by Crippen LogP contribution is -2.47. The maximum absolute atomic E-state index is 13.1. The lowest BCUT2D eigenvalue weighted by molar-refractivity contribution is -0.153. The van der Waals surface area contributed by atoms with Crippen LogP contribution >= 0.6 is 0 Å². The van der Waals surface area contributed by atoms with Crippen LogP contribution < -0.4 is 0 Å². The third kappa shape index (κ3) is 2.77. The average Bonchev–Trinajstić information content (AvgIpc) is 2.94. The van der Waals surface area contributed by atoms with Crippen LogP contribution in [-0.2, 0) is 9.53 Å². The summed E-state index contributed by atoms with van der Waals surface area (Å²) in [4.78, 5) is 15.5. The minimum Gasteiger partial charge on any atom is -0.462 e. The Labute approximate surface area is 149 Å². The van der Waals surface area contributed by atoms with Crippen LogP contribution in [0, 0.1) is 0 Å². The zero-order chi connectivity index (χ0) is 17.6. The van der Waals surface area contributed by atoms with Gasteiger partial charge in [0.2, 0.25) is 0 Å². The van der Waals surface area contributed by atoms with E-state index in [4.69, 9.17) is 4.74 Å². The maximum Gasteiger partial charge on any atom is 0.318 e. The summed E-state index contributed by atoms with van der Waals surface area (Å²) in [6, 6.07) is 17.3. The minimum absolute atomic E-state index is 0.00799. The van der Waals surface area contributed by atoms with E-state index in [0.717, 1.165) is 35.1 Å². The molecule has 0 saturated carbocycles. The van der Waals surface area contributed by atoms with E-state index in [2.05, 4.69) is 50.1 Å². The van der Waals surface area contributed by atoms with Crippen molar-refractivity contribution in [3.05, 3.63) is 59.7 Å². The largest absolute Gasteiger partial charge is 0.462 e. The predicted molar refractivity (Wildman–Crippen MR) is 99.5 cm³/mol. The Bertz CT molecular complexity index is 743. The summed E-state index contributed by atoms with van der Waals surface area (Å²) in [5, 5.41) is 0.